The molecular formula is C21H24F2N2O3S2. The Kier molecular flexibility index (Phi) is 7.15. The van der Waals surface area contributed by atoms with E-state index in [1.165, 1.54) is 28.6 Å². The van der Waals surface area contributed by atoms with Gasteiger partial charge in [0.15, 0.2) is 0 Å². The first-order valence-corrected chi connectivity index (χ1v) is 12.0. The Bertz CT molecular complexity index is 1030. The quantitative estimate of drug-likeness (QED) is 0.615. The van der Waals surface area contributed by atoms with E-state index < -0.39 is 21.7 Å². The van der Waals surface area contributed by atoms with Crippen molar-refractivity contribution in [3.8, 4) is 0 Å². The maximum Gasteiger partial charge on any atom is 0.288 e. The van der Waals surface area contributed by atoms with Crippen molar-refractivity contribution in [1.29, 1.82) is 0 Å². The van der Waals surface area contributed by atoms with Crippen molar-refractivity contribution >= 4 is 33.4 Å². The molecule has 1 N–H and O–H groups in total. The Labute approximate surface area is 179 Å². The van der Waals surface area contributed by atoms with E-state index >= 15 is 0 Å². The molecule has 0 saturated carbocycles. The highest BCUT2D eigenvalue weighted by Crippen LogP contribution is 2.32. The third-order valence-electron chi connectivity index (χ3n) is 5.15. The third-order valence-corrected chi connectivity index (χ3v) is 7.95. The zero-order valence-electron chi connectivity index (χ0n) is 16.8. The molecule has 3 rings (SSSR count). The molecule has 1 heterocycles. The third kappa shape index (κ3) is 5.01. The highest BCUT2D eigenvalue weighted by Gasteiger charge is 2.31. The van der Waals surface area contributed by atoms with Gasteiger partial charge in [-0.3, -0.25) is 4.79 Å². The van der Waals surface area contributed by atoms with Gasteiger partial charge in [0.1, 0.15) is 0 Å². The number of hydrogen-bond acceptors (Lipinski definition) is 4. The molecule has 0 radical (unpaired) electrons. The second kappa shape index (κ2) is 9.45. The van der Waals surface area contributed by atoms with Crippen LogP contribution in [0.1, 0.15) is 42.1 Å². The van der Waals surface area contributed by atoms with E-state index in [2.05, 4.69) is 5.32 Å². The van der Waals surface area contributed by atoms with E-state index in [0.717, 1.165) is 19.3 Å². The molecule has 1 atom stereocenters. The first-order chi connectivity index (χ1) is 14.2. The lowest BCUT2D eigenvalue weighted by molar-refractivity contribution is 0.102. The molecule has 0 bridgehead atoms. The number of carbonyl (C=O) groups excluding carboxylic acids is 1. The average Bonchev–Trinajstić information content (AvgIpc) is 2.69. The second-order valence-electron chi connectivity index (χ2n) is 7.27. The van der Waals surface area contributed by atoms with Crippen molar-refractivity contribution in [2.24, 2.45) is 0 Å². The lowest BCUT2D eigenvalue weighted by atomic mass is 10.1. The number of rotatable bonds is 6. The molecule has 1 unspecified atom stereocenters. The van der Waals surface area contributed by atoms with Crippen LogP contribution in [0.3, 0.4) is 0 Å². The molecule has 5 nitrogen and oxygen atoms in total. The van der Waals surface area contributed by atoms with Gasteiger partial charge in [0.25, 0.3) is 11.7 Å². The summed E-state index contributed by atoms with van der Waals surface area (Å²) in [4.78, 5) is 13.2. The van der Waals surface area contributed by atoms with E-state index in [1.54, 1.807) is 25.1 Å². The standard InChI is InChI=1S/C21H24F2N2O3S2/c1-14-10-11-16(30(27,28)25-12-6-5-7-15(25)2)13-17(14)20(26)24-18-8-3-4-9-19(18)29-21(22)23/h3-4,8-11,13,15,21H,5-7,12H2,1-2H3,(H,24,26). The summed E-state index contributed by atoms with van der Waals surface area (Å²) in [6.45, 7) is 4.04. The van der Waals surface area contributed by atoms with Crippen molar-refractivity contribution in [3.05, 3.63) is 53.6 Å². The van der Waals surface area contributed by atoms with Crippen LogP contribution in [0.4, 0.5) is 14.5 Å². The van der Waals surface area contributed by atoms with Crippen LogP contribution in [0.5, 0.6) is 0 Å². The smallest absolute Gasteiger partial charge is 0.288 e. The maximum absolute atomic E-state index is 13.1. The molecule has 162 valence electrons. The van der Waals surface area contributed by atoms with E-state index in [1.807, 2.05) is 6.92 Å². The summed E-state index contributed by atoms with van der Waals surface area (Å²) in [6, 6.07) is 10.6. The number of anilines is 1. The van der Waals surface area contributed by atoms with Gasteiger partial charge in [-0.05, 0) is 56.5 Å². The number of para-hydroxylation sites is 1. The lowest BCUT2D eigenvalue weighted by Gasteiger charge is -2.32. The van der Waals surface area contributed by atoms with E-state index in [0.29, 0.717) is 23.9 Å². The minimum absolute atomic E-state index is 0.0576. The summed E-state index contributed by atoms with van der Waals surface area (Å²) in [5, 5.41) is 2.64. The van der Waals surface area contributed by atoms with Crippen molar-refractivity contribution < 1.29 is 22.0 Å². The van der Waals surface area contributed by atoms with Gasteiger partial charge < -0.3 is 5.32 Å². The van der Waals surface area contributed by atoms with Crippen LogP contribution in [0.25, 0.3) is 0 Å². The normalized spacial score (nSPS) is 17.8. The van der Waals surface area contributed by atoms with Gasteiger partial charge in [-0.2, -0.15) is 13.1 Å². The fourth-order valence-corrected chi connectivity index (χ4v) is 5.85. The largest absolute Gasteiger partial charge is 0.321 e. The predicted octanol–water partition coefficient (Wildman–Crippen LogP) is 5.13. The Balaban J connectivity index is 1.90. The molecule has 9 heteroatoms. The number of nitrogens with one attached hydrogen (secondary N) is 1. The number of alkyl halides is 2. The highest BCUT2D eigenvalue weighted by molar-refractivity contribution is 7.99. The number of thioether (sulfide) groups is 1. The van der Waals surface area contributed by atoms with Crippen LogP contribution in [-0.4, -0.2) is 37.0 Å². The zero-order chi connectivity index (χ0) is 21.9. The molecule has 1 saturated heterocycles. The van der Waals surface area contributed by atoms with Gasteiger partial charge in [0.05, 0.1) is 10.6 Å². The highest BCUT2D eigenvalue weighted by atomic mass is 32.2. The maximum atomic E-state index is 13.1. The van der Waals surface area contributed by atoms with Crippen LogP contribution in [0.15, 0.2) is 52.3 Å². The van der Waals surface area contributed by atoms with Gasteiger partial charge in [-0.15, -0.1) is 0 Å². The summed E-state index contributed by atoms with van der Waals surface area (Å²) in [5.41, 5.74) is 1.04. The zero-order valence-corrected chi connectivity index (χ0v) is 18.4. The first kappa shape index (κ1) is 22.7. The topological polar surface area (TPSA) is 66.5 Å². The molecule has 0 spiro atoms. The minimum Gasteiger partial charge on any atom is -0.321 e. The number of amides is 1. The lowest BCUT2D eigenvalue weighted by Crippen LogP contribution is -2.42. The number of carbonyl (C=O) groups is 1. The van der Waals surface area contributed by atoms with Crippen molar-refractivity contribution in [1.82, 2.24) is 4.31 Å². The summed E-state index contributed by atoms with van der Waals surface area (Å²) in [7, 11) is -3.73. The van der Waals surface area contributed by atoms with Crippen LogP contribution in [-0.2, 0) is 10.0 Å². The van der Waals surface area contributed by atoms with Crippen molar-refractivity contribution in [2.75, 3.05) is 11.9 Å². The molecule has 1 amide bonds. The SMILES string of the molecule is Cc1ccc(S(=O)(=O)N2CCCCC2C)cc1C(=O)Nc1ccccc1SC(F)F. The summed E-state index contributed by atoms with van der Waals surface area (Å²) >= 11 is 0.342. The molecular weight excluding hydrogens is 430 g/mol. The van der Waals surface area contributed by atoms with E-state index in [-0.39, 0.29) is 27.1 Å². The molecule has 1 aliphatic rings. The number of nitrogens with zero attached hydrogens (tertiary/aromatic N) is 1. The minimum atomic E-state index is -3.73. The number of piperidine rings is 1. The Morgan fingerprint density at radius 3 is 2.63 bits per heavy atom. The molecule has 2 aromatic rings. The van der Waals surface area contributed by atoms with Gasteiger partial charge in [-0.25, -0.2) is 8.42 Å². The molecule has 0 aliphatic carbocycles. The van der Waals surface area contributed by atoms with Gasteiger partial charge in [0, 0.05) is 23.0 Å². The predicted molar refractivity (Wildman–Crippen MR) is 115 cm³/mol. The van der Waals surface area contributed by atoms with Crippen LogP contribution < -0.4 is 5.32 Å². The number of benzene rings is 2. The Hall–Kier alpha value is -1.97. The fourth-order valence-electron chi connectivity index (χ4n) is 3.53. The van der Waals surface area contributed by atoms with E-state index in [4.69, 9.17) is 0 Å². The van der Waals surface area contributed by atoms with E-state index in [9.17, 15) is 22.0 Å². The van der Waals surface area contributed by atoms with Crippen molar-refractivity contribution in [2.45, 2.75) is 54.7 Å². The molecule has 1 fully saturated rings. The Morgan fingerprint density at radius 2 is 1.93 bits per heavy atom. The number of halogens is 2. The monoisotopic (exact) mass is 454 g/mol. The van der Waals surface area contributed by atoms with Crippen LogP contribution in [0.2, 0.25) is 0 Å². The first-order valence-electron chi connectivity index (χ1n) is 9.68. The number of hydrogen-bond donors (Lipinski definition) is 1. The van der Waals surface area contributed by atoms with Crippen molar-refractivity contribution in [3.63, 3.8) is 0 Å². The molecule has 1 aliphatic heterocycles. The number of aryl methyl sites for hydroxylation is 1. The molecule has 2 aromatic carbocycles. The summed E-state index contributed by atoms with van der Waals surface area (Å²) in [6.07, 6.45) is 2.60. The summed E-state index contributed by atoms with van der Waals surface area (Å²) < 4.78 is 53.3. The van der Waals surface area contributed by atoms with Gasteiger partial charge in [-0.1, -0.05) is 36.4 Å². The fraction of sp³-hybridized carbons (Fsp3) is 0.381. The summed E-state index contributed by atoms with van der Waals surface area (Å²) in [5.74, 6) is -3.16. The van der Waals surface area contributed by atoms with Gasteiger partial charge >= 0.3 is 0 Å². The second-order valence-corrected chi connectivity index (χ2v) is 10.2. The average molecular weight is 455 g/mol. The van der Waals surface area contributed by atoms with Gasteiger partial charge in [0.2, 0.25) is 10.0 Å². The van der Waals surface area contributed by atoms with Crippen LogP contribution in [0, 0.1) is 6.92 Å². The molecule has 0 aromatic heterocycles. The Morgan fingerprint density at radius 1 is 1.20 bits per heavy atom. The van der Waals surface area contributed by atoms with Crippen LogP contribution >= 0.6 is 11.8 Å². The molecule has 30 heavy (non-hydrogen) atoms. The number of sulfonamides is 1.